The molecule has 0 N–H and O–H groups in total. The van der Waals surface area contributed by atoms with Crippen LogP contribution in [0, 0.1) is 19.8 Å². The molecule has 4 heteroatoms. The Morgan fingerprint density at radius 3 is 2.25 bits per heavy atom. The fourth-order valence-corrected chi connectivity index (χ4v) is 5.45. The zero-order chi connectivity index (χ0) is 28.8. The predicted molar refractivity (Wildman–Crippen MR) is 173 cm³/mol. The Kier molecular flexibility index (Phi) is 12.7. The second kappa shape index (κ2) is 16.2. The maximum Gasteiger partial charge on any atom is 0.212 e. The van der Waals surface area contributed by atoms with Crippen LogP contribution in [0.4, 0.5) is 4.39 Å². The van der Waals surface area contributed by atoms with Crippen molar-refractivity contribution in [2.45, 2.75) is 90.7 Å². The Hall–Kier alpha value is -3.14. The predicted octanol–water partition coefficient (Wildman–Crippen LogP) is 9.21. The van der Waals surface area contributed by atoms with Crippen molar-refractivity contribution in [2.75, 3.05) is 0 Å². The molecule has 1 aliphatic rings. The molecule has 3 aromatic rings. The lowest BCUT2D eigenvalue weighted by Gasteiger charge is -2.31. The second-order valence-corrected chi connectivity index (χ2v) is 11.1. The van der Waals surface area contributed by atoms with E-state index < -0.39 is 5.79 Å². The van der Waals surface area contributed by atoms with Gasteiger partial charge in [0.05, 0.1) is 6.33 Å². The third-order valence-corrected chi connectivity index (χ3v) is 7.97. The van der Waals surface area contributed by atoms with E-state index in [1.807, 2.05) is 19.1 Å². The van der Waals surface area contributed by atoms with E-state index >= 15 is 4.39 Å². The number of imidazole rings is 1. The third-order valence-electron chi connectivity index (χ3n) is 7.97. The van der Waals surface area contributed by atoms with E-state index in [9.17, 15) is 0 Å². The highest BCUT2D eigenvalue weighted by Crippen LogP contribution is 2.35. The summed E-state index contributed by atoms with van der Waals surface area (Å²) in [4.78, 5) is 4.14. The smallest absolute Gasteiger partial charge is 0.212 e. The van der Waals surface area contributed by atoms with E-state index in [1.165, 1.54) is 54.3 Å². The Morgan fingerprint density at radius 2 is 1.65 bits per heavy atom. The van der Waals surface area contributed by atoms with E-state index in [-0.39, 0.29) is 5.92 Å². The number of aryl methyl sites for hydroxylation is 3. The zero-order valence-electron chi connectivity index (χ0n) is 25.3. The summed E-state index contributed by atoms with van der Waals surface area (Å²) in [6.07, 6.45) is 24.4. The number of rotatable bonds is 12. The van der Waals surface area contributed by atoms with Crippen LogP contribution < -0.4 is 0 Å². The molecule has 0 radical (unpaired) electrons. The number of unbranched alkanes of at least 4 members (excludes halogenated alkanes) is 3. The molecule has 0 spiro atoms. The number of allylic oxidation sites excluding steroid dienone is 6. The molecule has 0 fully saturated rings. The Bertz CT molecular complexity index is 1210. The van der Waals surface area contributed by atoms with Crippen LogP contribution in [0.1, 0.15) is 86.2 Å². The first-order chi connectivity index (χ1) is 19.4. The topological polar surface area (TPSA) is 17.8 Å². The normalized spacial score (nSPS) is 18.3. The van der Waals surface area contributed by atoms with Crippen molar-refractivity contribution in [1.82, 2.24) is 9.55 Å². The second-order valence-electron chi connectivity index (χ2n) is 11.1. The first-order valence-corrected chi connectivity index (χ1v) is 15.2. The minimum Gasteiger partial charge on any atom is -0.297 e. The molecule has 1 heterocycles. The fourth-order valence-electron chi connectivity index (χ4n) is 5.45. The van der Waals surface area contributed by atoms with Gasteiger partial charge in [-0.05, 0) is 67.9 Å². The van der Waals surface area contributed by atoms with Gasteiger partial charge < -0.3 is 0 Å². The largest absolute Gasteiger partial charge is 0.297 e. The Morgan fingerprint density at radius 1 is 0.975 bits per heavy atom. The molecule has 2 unspecified atom stereocenters. The van der Waals surface area contributed by atoms with Gasteiger partial charge in [0.1, 0.15) is 7.85 Å². The number of hydrogen-bond acceptors (Lipinski definition) is 1. The Balaban J connectivity index is 0.000000222. The van der Waals surface area contributed by atoms with Crippen LogP contribution in [0.2, 0.25) is 6.32 Å². The lowest BCUT2D eigenvalue weighted by Crippen LogP contribution is -2.34. The monoisotopic (exact) mass is 538 g/mol. The molecule has 2 atom stereocenters. The SMILES string of the molecule is BCCC=CCC(c1ccccc1C)c1ccccc1C.CCCCCCc1cncn1C1(F)C=CC=CC1C. The molecule has 0 amide bonds. The molecule has 0 aliphatic heterocycles. The van der Waals surface area contributed by atoms with Crippen LogP contribution in [0.15, 0.2) is 97.5 Å². The standard InChI is InChI=1S/C20H25B.C16H23FN2/c1-16-10-5-7-12-18(16)20(14-4-3-9-15-21)19-13-8-6-11-17(19)2;1-3-4-5-6-10-15-12-18-13-19(15)16(17)11-8-7-9-14(16)2/h3-8,10-13,20H,9,14-15,21H2,1-2H3;7-9,11-14H,3-6,10H2,1-2H3. The van der Waals surface area contributed by atoms with Gasteiger partial charge in [0, 0.05) is 23.7 Å². The molecule has 4 rings (SSSR count). The van der Waals surface area contributed by atoms with Crippen molar-refractivity contribution in [3.8, 4) is 0 Å². The average Bonchev–Trinajstić information content (AvgIpc) is 3.44. The molecule has 40 heavy (non-hydrogen) atoms. The van der Waals surface area contributed by atoms with Gasteiger partial charge in [-0.3, -0.25) is 4.57 Å². The number of aromatic nitrogens is 2. The van der Waals surface area contributed by atoms with Gasteiger partial charge in [-0.1, -0.05) is 118 Å². The van der Waals surface area contributed by atoms with Gasteiger partial charge in [0.15, 0.2) is 0 Å². The molecule has 2 aromatic carbocycles. The van der Waals surface area contributed by atoms with Gasteiger partial charge >= 0.3 is 0 Å². The van der Waals surface area contributed by atoms with Gasteiger partial charge in [0.2, 0.25) is 5.79 Å². The van der Waals surface area contributed by atoms with Crippen molar-refractivity contribution >= 4 is 7.85 Å². The maximum atomic E-state index is 15.2. The summed E-state index contributed by atoms with van der Waals surface area (Å²) in [5, 5.41) is 0. The average molecular weight is 539 g/mol. The molecule has 2 nitrogen and oxygen atoms in total. The molecule has 1 aromatic heterocycles. The fraction of sp³-hybridized carbons (Fsp3) is 0.417. The van der Waals surface area contributed by atoms with Gasteiger partial charge in [0.25, 0.3) is 0 Å². The van der Waals surface area contributed by atoms with Crippen molar-refractivity contribution < 1.29 is 4.39 Å². The highest BCUT2D eigenvalue weighted by Gasteiger charge is 2.36. The van der Waals surface area contributed by atoms with E-state index in [2.05, 4.69) is 94.3 Å². The summed E-state index contributed by atoms with van der Waals surface area (Å²) in [5.74, 6) is -1.17. The van der Waals surface area contributed by atoms with Gasteiger partial charge in [-0.25, -0.2) is 9.37 Å². The van der Waals surface area contributed by atoms with E-state index in [4.69, 9.17) is 0 Å². The summed E-state index contributed by atoms with van der Waals surface area (Å²) >= 11 is 0. The number of halogens is 1. The summed E-state index contributed by atoms with van der Waals surface area (Å²) in [7, 11) is 2.23. The summed E-state index contributed by atoms with van der Waals surface area (Å²) in [6.45, 7) is 8.54. The highest BCUT2D eigenvalue weighted by atomic mass is 19.1. The molecule has 212 valence electrons. The van der Waals surface area contributed by atoms with Crippen LogP contribution in [-0.4, -0.2) is 17.4 Å². The molecule has 0 bridgehead atoms. The molecule has 0 saturated heterocycles. The van der Waals surface area contributed by atoms with E-state index in [1.54, 1.807) is 29.2 Å². The number of benzene rings is 2. The van der Waals surface area contributed by atoms with Gasteiger partial charge in [-0.2, -0.15) is 0 Å². The Labute approximate surface area is 243 Å². The first-order valence-electron chi connectivity index (χ1n) is 15.2. The first kappa shape index (κ1) is 31.4. The number of hydrogen-bond donors (Lipinski definition) is 0. The molecular formula is C36H48BFN2. The summed E-state index contributed by atoms with van der Waals surface area (Å²) < 4.78 is 16.9. The van der Waals surface area contributed by atoms with Crippen LogP contribution >= 0.6 is 0 Å². The highest BCUT2D eigenvalue weighted by molar-refractivity contribution is 6.08. The lowest BCUT2D eigenvalue weighted by atomic mass is 9.84. The van der Waals surface area contributed by atoms with Crippen LogP contribution in [0.25, 0.3) is 0 Å². The minimum atomic E-state index is -1.47. The van der Waals surface area contributed by atoms with Crippen LogP contribution in [0.5, 0.6) is 0 Å². The third kappa shape index (κ3) is 8.43. The van der Waals surface area contributed by atoms with Crippen LogP contribution in [-0.2, 0) is 12.2 Å². The van der Waals surface area contributed by atoms with Crippen LogP contribution in [0.3, 0.4) is 0 Å². The van der Waals surface area contributed by atoms with Gasteiger partial charge in [-0.15, -0.1) is 0 Å². The van der Waals surface area contributed by atoms with Crippen molar-refractivity contribution in [3.63, 3.8) is 0 Å². The zero-order valence-corrected chi connectivity index (χ0v) is 25.3. The number of nitrogens with zero attached hydrogens (tertiary/aromatic N) is 2. The summed E-state index contributed by atoms with van der Waals surface area (Å²) in [6, 6.07) is 17.6. The maximum absolute atomic E-state index is 15.2. The van der Waals surface area contributed by atoms with E-state index in [0.717, 1.165) is 25.0 Å². The quantitative estimate of drug-likeness (QED) is 0.128. The molecular weight excluding hydrogens is 490 g/mol. The van der Waals surface area contributed by atoms with Crippen molar-refractivity contribution in [2.24, 2.45) is 5.92 Å². The van der Waals surface area contributed by atoms with Crippen molar-refractivity contribution in [1.29, 1.82) is 0 Å². The van der Waals surface area contributed by atoms with Crippen molar-refractivity contribution in [3.05, 3.63) is 125 Å². The molecule has 0 saturated carbocycles. The summed E-state index contributed by atoms with van der Waals surface area (Å²) in [5.41, 5.74) is 6.66. The minimum absolute atomic E-state index is 0.166. The van der Waals surface area contributed by atoms with E-state index in [0.29, 0.717) is 5.92 Å². The number of alkyl halides is 1. The lowest BCUT2D eigenvalue weighted by molar-refractivity contribution is 0.0806. The molecule has 1 aliphatic carbocycles.